The quantitative estimate of drug-likeness (QED) is 0.730. The van der Waals surface area contributed by atoms with Crippen LogP contribution < -0.4 is 4.90 Å². The first-order valence-electron chi connectivity index (χ1n) is 8.39. The Morgan fingerprint density at radius 3 is 3.04 bits per heavy atom. The maximum Gasteiger partial charge on any atom is 0.328 e. The lowest BCUT2D eigenvalue weighted by Gasteiger charge is -2.26. The summed E-state index contributed by atoms with van der Waals surface area (Å²) in [7, 11) is 0. The van der Waals surface area contributed by atoms with Gasteiger partial charge in [0.2, 0.25) is 0 Å². The second-order valence-electron chi connectivity index (χ2n) is 6.23. The van der Waals surface area contributed by atoms with Crippen molar-refractivity contribution in [2.24, 2.45) is 0 Å². The van der Waals surface area contributed by atoms with Crippen molar-refractivity contribution in [1.82, 2.24) is 14.6 Å². The molecule has 0 unspecified atom stereocenters. The number of benzene rings is 1. The molecule has 1 aliphatic heterocycles. The number of aromatic nitrogens is 3. The van der Waals surface area contributed by atoms with Crippen LogP contribution in [0.5, 0.6) is 0 Å². The summed E-state index contributed by atoms with van der Waals surface area (Å²) in [6.07, 6.45) is 7.86. The van der Waals surface area contributed by atoms with Crippen LogP contribution in [0.1, 0.15) is 30.0 Å². The topological polar surface area (TPSA) is 70.7 Å². The van der Waals surface area contributed by atoms with Crippen molar-refractivity contribution in [2.75, 3.05) is 11.4 Å². The van der Waals surface area contributed by atoms with E-state index in [9.17, 15) is 9.18 Å². The summed E-state index contributed by atoms with van der Waals surface area (Å²) in [5, 5.41) is 13.0. The van der Waals surface area contributed by atoms with Crippen LogP contribution in [0.4, 0.5) is 10.2 Å². The number of fused-ring (bicyclic) bond motifs is 1. The molecule has 0 spiro atoms. The molecule has 6 nitrogen and oxygen atoms in total. The summed E-state index contributed by atoms with van der Waals surface area (Å²) in [5.74, 6) is -0.490. The standard InChI is InChI=1S/C19H17FN4O2/c20-15-4-1-3-13(11-15)16-5-2-9-23(16)17-8-10-24-19(22-17)14(12-21-24)6-7-18(25)26/h1,3-4,6-8,10-12,16H,2,5,9H2,(H,25,26)/b7-6+/t16-/m1/s1. The van der Waals surface area contributed by atoms with Gasteiger partial charge in [-0.3, -0.25) is 0 Å². The fraction of sp³-hybridized carbons (Fsp3) is 0.211. The maximum absolute atomic E-state index is 13.6. The number of rotatable bonds is 4. The van der Waals surface area contributed by atoms with Crippen LogP contribution in [0.3, 0.4) is 0 Å². The van der Waals surface area contributed by atoms with Gasteiger partial charge in [-0.1, -0.05) is 12.1 Å². The van der Waals surface area contributed by atoms with Gasteiger partial charge in [-0.25, -0.2) is 18.7 Å². The molecule has 1 aliphatic rings. The highest BCUT2D eigenvalue weighted by atomic mass is 19.1. The lowest BCUT2D eigenvalue weighted by molar-refractivity contribution is -0.131. The average molecular weight is 352 g/mol. The number of carbonyl (C=O) groups is 1. The Kier molecular flexibility index (Phi) is 4.12. The van der Waals surface area contributed by atoms with Gasteiger partial charge in [-0.2, -0.15) is 5.10 Å². The molecule has 0 radical (unpaired) electrons. The fourth-order valence-corrected chi connectivity index (χ4v) is 3.42. The van der Waals surface area contributed by atoms with Crippen LogP contribution in [0.15, 0.2) is 48.8 Å². The van der Waals surface area contributed by atoms with Crippen LogP contribution in [0, 0.1) is 5.82 Å². The van der Waals surface area contributed by atoms with Crippen molar-refractivity contribution in [1.29, 1.82) is 0 Å². The maximum atomic E-state index is 13.6. The van der Waals surface area contributed by atoms with Crippen LogP contribution in [-0.4, -0.2) is 32.2 Å². The predicted molar refractivity (Wildman–Crippen MR) is 95.4 cm³/mol. The number of halogens is 1. The van der Waals surface area contributed by atoms with Gasteiger partial charge in [0.05, 0.1) is 12.2 Å². The molecule has 132 valence electrons. The Morgan fingerprint density at radius 2 is 2.23 bits per heavy atom. The van der Waals surface area contributed by atoms with Crippen molar-refractivity contribution in [3.63, 3.8) is 0 Å². The zero-order valence-electron chi connectivity index (χ0n) is 13.9. The molecule has 1 atom stereocenters. The molecule has 0 saturated carbocycles. The van der Waals surface area contributed by atoms with Crippen molar-refractivity contribution in [2.45, 2.75) is 18.9 Å². The van der Waals surface area contributed by atoms with Crippen molar-refractivity contribution in [3.8, 4) is 0 Å². The summed E-state index contributed by atoms with van der Waals surface area (Å²) >= 11 is 0. The molecule has 3 aromatic rings. The van der Waals surface area contributed by atoms with Gasteiger partial charge >= 0.3 is 5.97 Å². The molecule has 7 heteroatoms. The van der Waals surface area contributed by atoms with Gasteiger partial charge in [0.15, 0.2) is 5.65 Å². The molecular weight excluding hydrogens is 335 g/mol. The highest BCUT2D eigenvalue weighted by Gasteiger charge is 2.27. The van der Waals surface area contributed by atoms with E-state index in [0.29, 0.717) is 11.2 Å². The van der Waals surface area contributed by atoms with Gasteiger partial charge < -0.3 is 10.0 Å². The summed E-state index contributed by atoms with van der Waals surface area (Å²) in [6, 6.07) is 8.62. The number of carboxylic acids is 1. The monoisotopic (exact) mass is 352 g/mol. The van der Waals surface area contributed by atoms with Gasteiger partial charge in [0.1, 0.15) is 11.6 Å². The Labute approximate surface area is 149 Å². The highest BCUT2D eigenvalue weighted by Crippen LogP contribution is 2.35. The Morgan fingerprint density at radius 1 is 1.35 bits per heavy atom. The Hall–Kier alpha value is -3.22. The van der Waals surface area contributed by atoms with E-state index >= 15 is 0 Å². The molecule has 26 heavy (non-hydrogen) atoms. The van der Waals surface area contributed by atoms with Gasteiger partial charge in [-0.05, 0) is 42.7 Å². The predicted octanol–water partition coefficient (Wildman–Crippen LogP) is 3.31. The molecule has 1 fully saturated rings. The number of anilines is 1. The zero-order valence-corrected chi connectivity index (χ0v) is 13.9. The minimum atomic E-state index is -1.02. The first-order chi connectivity index (χ1) is 12.6. The van der Waals surface area contributed by atoms with Crippen molar-refractivity contribution in [3.05, 3.63) is 65.7 Å². The van der Waals surface area contributed by atoms with E-state index in [0.717, 1.165) is 36.8 Å². The first-order valence-corrected chi connectivity index (χ1v) is 8.39. The van der Waals surface area contributed by atoms with Crippen molar-refractivity contribution < 1.29 is 14.3 Å². The average Bonchev–Trinajstić information content (AvgIpc) is 3.26. The first kappa shape index (κ1) is 16.3. The van der Waals surface area contributed by atoms with Crippen LogP contribution >= 0.6 is 0 Å². The van der Waals surface area contributed by atoms with E-state index in [4.69, 9.17) is 5.11 Å². The van der Waals surface area contributed by atoms with E-state index in [1.165, 1.54) is 12.1 Å². The van der Waals surface area contributed by atoms with Gasteiger partial charge in [0, 0.05) is 24.4 Å². The van der Waals surface area contributed by atoms with Crippen LogP contribution in [-0.2, 0) is 4.79 Å². The van der Waals surface area contributed by atoms with Crippen LogP contribution in [0.25, 0.3) is 11.7 Å². The molecule has 1 aromatic carbocycles. The number of hydrogen-bond donors (Lipinski definition) is 1. The second kappa shape index (κ2) is 6.59. The Balaban J connectivity index is 1.71. The third-order valence-electron chi connectivity index (χ3n) is 4.57. The lowest BCUT2D eigenvalue weighted by Crippen LogP contribution is -2.23. The molecule has 4 rings (SSSR count). The summed E-state index contributed by atoms with van der Waals surface area (Å²) < 4.78 is 15.2. The van der Waals surface area contributed by atoms with E-state index in [-0.39, 0.29) is 11.9 Å². The lowest BCUT2D eigenvalue weighted by atomic mass is 10.0. The number of nitrogens with zero attached hydrogens (tertiary/aromatic N) is 4. The van der Waals surface area contributed by atoms with Crippen LogP contribution in [0.2, 0.25) is 0 Å². The number of hydrogen-bond acceptors (Lipinski definition) is 4. The summed E-state index contributed by atoms with van der Waals surface area (Å²) in [5.41, 5.74) is 2.16. The zero-order chi connectivity index (χ0) is 18.1. The largest absolute Gasteiger partial charge is 0.478 e. The number of aliphatic carboxylic acids is 1. The van der Waals surface area contributed by atoms with E-state index in [1.807, 2.05) is 12.1 Å². The summed E-state index contributed by atoms with van der Waals surface area (Å²) in [4.78, 5) is 17.6. The molecular formula is C19H17FN4O2. The fourth-order valence-electron chi connectivity index (χ4n) is 3.42. The SMILES string of the molecule is O=C(O)/C=C/c1cnn2ccc(N3CCC[C@@H]3c3cccc(F)c3)nc12. The normalized spacial score (nSPS) is 17.4. The Bertz CT molecular complexity index is 998. The molecule has 2 aromatic heterocycles. The van der Waals surface area contributed by atoms with E-state index in [2.05, 4.69) is 15.0 Å². The highest BCUT2D eigenvalue weighted by molar-refractivity contribution is 5.86. The second-order valence-corrected chi connectivity index (χ2v) is 6.23. The van der Waals surface area contributed by atoms with Gasteiger partial charge in [0.25, 0.3) is 0 Å². The molecule has 3 heterocycles. The number of carboxylic acid groups (broad SMARTS) is 1. The molecule has 0 bridgehead atoms. The smallest absolute Gasteiger partial charge is 0.328 e. The molecule has 0 aliphatic carbocycles. The van der Waals surface area contributed by atoms with E-state index in [1.54, 1.807) is 29.0 Å². The third-order valence-corrected chi connectivity index (χ3v) is 4.57. The molecule has 1 N–H and O–H groups in total. The molecule has 0 amide bonds. The van der Waals surface area contributed by atoms with E-state index < -0.39 is 5.97 Å². The minimum absolute atomic E-state index is 0.0709. The molecule has 1 saturated heterocycles. The van der Waals surface area contributed by atoms with Crippen molar-refractivity contribution >= 4 is 23.5 Å². The minimum Gasteiger partial charge on any atom is -0.478 e. The van der Waals surface area contributed by atoms with Gasteiger partial charge in [-0.15, -0.1) is 0 Å². The third kappa shape index (κ3) is 3.03. The summed E-state index contributed by atoms with van der Waals surface area (Å²) in [6.45, 7) is 0.832.